The van der Waals surface area contributed by atoms with E-state index in [4.69, 9.17) is 5.73 Å². The van der Waals surface area contributed by atoms with Crippen LogP contribution in [-0.2, 0) is 11.8 Å². The van der Waals surface area contributed by atoms with Gasteiger partial charge in [0.15, 0.2) is 5.82 Å². The Morgan fingerprint density at radius 1 is 1.40 bits per heavy atom. The van der Waals surface area contributed by atoms with Crippen LogP contribution in [0.5, 0.6) is 0 Å². The third kappa shape index (κ3) is 3.88. The summed E-state index contributed by atoms with van der Waals surface area (Å²) in [7, 11) is 3.70. The number of nitrogens with two attached hydrogens (primary N) is 1. The number of hydrogen-bond acceptors (Lipinski definition) is 4. The van der Waals surface area contributed by atoms with Crippen LogP contribution >= 0.6 is 0 Å². The summed E-state index contributed by atoms with van der Waals surface area (Å²) in [5, 5.41) is 7.33. The molecule has 1 aromatic rings. The predicted molar refractivity (Wildman–Crippen MR) is 82.8 cm³/mol. The fourth-order valence-corrected chi connectivity index (χ4v) is 2.10. The van der Waals surface area contributed by atoms with Crippen LogP contribution in [-0.4, -0.2) is 35.8 Å². The first-order valence-electron chi connectivity index (χ1n) is 7.04. The number of anilines is 2. The molecule has 0 aromatic carbocycles. The molecule has 0 aliphatic heterocycles. The average Bonchev–Trinajstić information content (AvgIpc) is 2.62. The SMILES string of the molecule is CC(C)CNC(=O)CN(C)c1c(N)c(C(C)C)nn1C. The molecule has 1 amide bonds. The third-order valence-corrected chi connectivity index (χ3v) is 3.08. The van der Waals surface area contributed by atoms with Gasteiger partial charge < -0.3 is 16.0 Å². The molecule has 0 saturated heterocycles. The van der Waals surface area contributed by atoms with E-state index in [0.717, 1.165) is 11.5 Å². The van der Waals surface area contributed by atoms with Gasteiger partial charge in [-0.05, 0) is 11.8 Å². The lowest BCUT2D eigenvalue weighted by molar-refractivity contribution is -0.119. The Morgan fingerprint density at radius 2 is 2.00 bits per heavy atom. The molecule has 0 bridgehead atoms. The minimum Gasteiger partial charge on any atom is -0.394 e. The molecule has 3 N–H and O–H groups in total. The Morgan fingerprint density at radius 3 is 2.45 bits per heavy atom. The van der Waals surface area contributed by atoms with Crippen LogP contribution in [0.2, 0.25) is 0 Å². The Balaban J connectivity index is 2.77. The van der Waals surface area contributed by atoms with Crippen LogP contribution in [0.4, 0.5) is 11.5 Å². The molecule has 1 rings (SSSR count). The molecule has 0 radical (unpaired) electrons. The third-order valence-electron chi connectivity index (χ3n) is 3.08. The molecule has 6 nitrogen and oxygen atoms in total. The normalized spacial score (nSPS) is 11.2. The summed E-state index contributed by atoms with van der Waals surface area (Å²) in [5.74, 6) is 1.48. The van der Waals surface area contributed by atoms with Crippen LogP contribution in [0, 0.1) is 5.92 Å². The van der Waals surface area contributed by atoms with Gasteiger partial charge in [0.2, 0.25) is 5.91 Å². The summed E-state index contributed by atoms with van der Waals surface area (Å²) in [6, 6.07) is 0. The number of aromatic nitrogens is 2. The Hall–Kier alpha value is -1.72. The van der Waals surface area contributed by atoms with Crippen LogP contribution in [0.15, 0.2) is 0 Å². The smallest absolute Gasteiger partial charge is 0.239 e. The Labute approximate surface area is 121 Å². The van der Waals surface area contributed by atoms with Gasteiger partial charge in [0.05, 0.1) is 17.9 Å². The highest BCUT2D eigenvalue weighted by Crippen LogP contribution is 2.29. The molecule has 0 atom stereocenters. The molecule has 114 valence electrons. The van der Waals surface area contributed by atoms with Crippen LogP contribution in [0.25, 0.3) is 0 Å². The number of aryl methyl sites for hydroxylation is 1. The van der Waals surface area contributed by atoms with Gasteiger partial charge in [-0.25, -0.2) is 0 Å². The van der Waals surface area contributed by atoms with E-state index < -0.39 is 0 Å². The van der Waals surface area contributed by atoms with Crippen molar-refractivity contribution in [1.82, 2.24) is 15.1 Å². The molecule has 1 heterocycles. The maximum atomic E-state index is 11.9. The van der Waals surface area contributed by atoms with Gasteiger partial charge in [-0.1, -0.05) is 27.7 Å². The number of nitrogens with one attached hydrogen (secondary N) is 1. The second kappa shape index (κ2) is 6.63. The molecule has 0 unspecified atom stereocenters. The van der Waals surface area contributed by atoms with Gasteiger partial charge >= 0.3 is 0 Å². The number of nitrogens with zero attached hydrogens (tertiary/aromatic N) is 3. The highest BCUT2D eigenvalue weighted by atomic mass is 16.2. The number of rotatable bonds is 6. The first-order valence-corrected chi connectivity index (χ1v) is 7.04. The number of amides is 1. The molecular weight excluding hydrogens is 254 g/mol. The molecular formula is C14H27N5O. The van der Waals surface area contributed by atoms with Gasteiger partial charge in [0.1, 0.15) is 0 Å². The van der Waals surface area contributed by atoms with Crippen LogP contribution in [0.3, 0.4) is 0 Å². The molecule has 0 fully saturated rings. The van der Waals surface area contributed by atoms with E-state index in [-0.39, 0.29) is 18.4 Å². The molecule has 0 spiro atoms. The second-order valence-electron chi connectivity index (χ2n) is 5.95. The van der Waals surface area contributed by atoms with E-state index in [1.165, 1.54) is 0 Å². The number of carbonyl (C=O) groups is 1. The number of hydrogen-bond donors (Lipinski definition) is 2. The molecule has 0 aliphatic carbocycles. The van der Waals surface area contributed by atoms with Gasteiger partial charge in [0.25, 0.3) is 0 Å². The minimum absolute atomic E-state index is 0.00658. The first-order chi connectivity index (χ1) is 9.23. The van der Waals surface area contributed by atoms with E-state index in [9.17, 15) is 4.79 Å². The fourth-order valence-electron chi connectivity index (χ4n) is 2.10. The highest BCUT2D eigenvalue weighted by molar-refractivity contribution is 5.82. The van der Waals surface area contributed by atoms with Crippen molar-refractivity contribution < 1.29 is 4.79 Å². The minimum atomic E-state index is -0.00658. The van der Waals surface area contributed by atoms with Crippen LogP contribution in [0.1, 0.15) is 39.3 Å². The van der Waals surface area contributed by atoms with Crippen LogP contribution < -0.4 is 16.0 Å². The molecule has 0 aliphatic rings. The lowest BCUT2D eigenvalue weighted by Crippen LogP contribution is -2.37. The zero-order valence-electron chi connectivity index (χ0n) is 13.4. The largest absolute Gasteiger partial charge is 0.394 e. The zero-order chi connectivity index (χ0) is 15.4. The number of likely N-dealkylation sites (N-methyl/N-ethyl adjacent to an activating group) is 1. The van der Waals surface area contributed by atoms with Crippen molar-refractivity contribution >= 4 is 17.4 Å². The molecule has 6 heteroatoms. The van der Waals surface area contributed by atoms with Crippen molar-refractivity contribution in [3.05, 3.63) is 5.69 Å². The summed E-state index contributed by atoms with van der Waals surface area (Å²) in [4.78, 5) is 13.7. The quantitative estimate of drug-likeness (QED) is 0.825. The zero-order valence-corrected chi connectivity index (χ0v) is 13.4. The first kappa shape index (κ1) is 16.3. The topological polar surface area (TPSA) is 76.2 Å². The van der Waals surface area contributed by atoms with Crippen molar-refractivity contribution in [2.75, 3.05) is 30.8 Å². The van der Waals surface area contributed by atoms with E-state index in [1.807, 2.05) is 19.0 Å². The van der Waals surface area contributed by atoms with Gasteiger partial charge in [-0.15, -0.1) is 0 Å². The van der Waals surface area contributed by atoms with E-state index in [0.29, 0.717) is 18.2 Å². The Kier molecular flexibility index (Phi) is 5.42. The monoisotopic (exact) mass is 281 g/mol. The summed E-state index contributed by atoms with van der Waals surface area (Å²) in [6.45, 7) is 9.20. The standard InChI is InChI=1S/C14H27N5O/c1-9(2)7-16-11(20)8-18(5)14-12(15)13(10(3)4)17-19(14)6/h9-10H,7-8,15H2,1-6H3,(H,16,20). The summed E-state index contributed by atoms with van der Waals surface area (Å²) in [5.41, 5.74) is 7.67. The van der Waals surface area contributed by atoms with E-state index >= 15 is 0 Å². The van der Waals surface area contributed by atoms with Crippen molar-refractivity contribution in [2.45, 2.75) is 33.6 Å². The number of carbonyl (C=O) groups excluding carboxylic acids is 1. The molecule has 20 heavy (non-hydrogen) atoms. The van der Waals surface area contributed by atoms with E-state index in [1.54, 1.807) is 4.68 Å². The lowest BCUT2D eigenvalue weighted by Gasteiger charge is -2.20. The highest BCUT2D eigenvalue weighted by Gasteiger charge is 2.20. The maximum absolute atomic E-state index is 11.9. The average molecular weight is 281 g/mol. The van der Waals surface area contributed by atoms with Gasteiger partial charge in [-0.2, -0.15) is 5.10 Å². The lowest BCUT2D eigenvalue weighted by atomic mass is 10.1. The summed E-state index contributed by atoms with van der Waals surface area (Å²) >= 11 is 0. The van der Waals surface area contributed by atoms with E-state index in [2.05, 4.69) is 38.1 Å². The van der Waals surface area contributed by atoms with Crippen molar-refractivity contribution in [1.29, 1.82) is 0 Å². The van der Waals surface area contributed by atoms with Crippen molar-refractivity contribution in [2.24, 2.45) is 13.0 Å². The van der Waals surface area contributed by atoms with Gasteiger partial charge in [0, 0.05) is 20.6 Å². The summed E-state index contributed by atoms with van der Waals surface area (Å²) < 4.78 is 1.74. The maximum Gasteiger partial charge on any atom is 0.239 e. The second-order valence-corrected chi connectivity index (χ2v) is 5.95. The van der Waals surface area contributed by atoms with Crippen molar-refractivity contribution in [3.8, 4) is 0 Å². The number of nitrogen functional groups attached to an aromatic ring is 1. The summed E-state index contributed by atoms with van der Waals surface area (Å²) in [6.07, 6.45) is 0. The fraction of sp³-hybridized carbons (Fsp3) is 0.714. The Bertz CT molecular complexity index is 464. The predicted octanol–water partition coefficient (Wildman–Crippen LogP) is 1.33. The van der Waals surface area contributed by atoms with Crippen molar-refractivity contribution in [3.63, 3.8) is 0 Å². The van der Waals surface area contributed by atoms with Gasteiger partial charge in [-0.3, -0.25) is 9.48 Å². The molecule has 1 aromatic heterocycles. The molecule has 0 saturated carbocycles.